The van der Waals surface area contributed by atoms with Crippen LogP contribution < -0.4 is 0 Å². The molecule has 0 unspecified atom stereocenters. The summed E-state index contributed by atoms with van der Waals surface area (Å²) in [5, 5.41) is 0. The molecule has 0 amide bonds. The maximum absolute atomic E-state index is 13.1. The normalized spacial score (nSPS) is 18.4. The average Bonchev–Trinajstić information content (AvgIpc) is 3.21. The van der Waals surface area contributed by atoms with Gasteiger partial charge in [-0.25, -0.2) is 0 Å². The number of hydrogen-bond donors (Lipinski definition) is 0. The van der Waals surface area contributed by atoms with E-state index >= 15 is 0 Å². The Bertz CT molecular complexity index is 1010. The molecule has 5 rings (SSSR count). The molecule has 0 aromatic heterocycles. The summed E-state index contributed by atoms with van der Waals surface area (Å²) in [6, 6.07) is 27.1. The van der Waals surface area contributed by atoms with Gasteiger partial charge in [0, 0.05) is 5.56 Å². The molecule has 3 aromatic rings. The van der Waals surface area contributed by atoms with Crippen LogP contribution in [-0.2, 0) is 12.8 Å². The Balaban J connectivity index is 1.69. The van der Waals surface area contributed by atoms with E-state index in [2.05, 4.69) is 54.6 Å². The zero-order chi connectivity index (χ0) is 16.8. The van der Waals surface area contributed by atoms with Crippen LogP contribution in [0.5, 0.6) is 0 Å². The van der Waals surface area contributed by atoms with Crippen LogP contribution in [0, 0.1) is 5.92 Å². The Labute approximate surface area is 147 Å². The second kappa shape index (κ2) is 5.56. The van der Waals surface area contributed by atoms with Gasteiger partial charge in [0.1, 0.15) is 0 Å². The zero-order valence-electron chi connectivity index (χ0n) is 13.9. The van der Waals surface area contributed by atoms with Crippen molar-refractivity contribution in [2.24, 2.45) is 5.92 Å². The predicted molar refractivity (Wildman–Crippen MR) is 101 cm³/mol. The molecule has 0 radical (unpaired) electrons. The van der Waals surface area contributed by atoms with Gasteiger partial charge in [-0.1, -0.05) is 78.9 Å². The molecule has 1 atom stereocenters. The smallest absolute Gasteiger partial charge is 0.170 e. The maximum Gasteiger partial charge on any atom is 0.170 e. The average molecular weight is 322 g/mol. The zero-order valence-corrected chi connectivity index (χ0v) is 13.9. The lowest BCUT2D eigenvalue weighted by molar-refractivity contribution is 0.0964. The number of fused-ring (bicyclic) bond motifs is 2. The number of carbonyl (C=O) groups excluding carboxylic acids is 1. The Hall–Kier alpha value is -2.93. The lowest BCUT2D eigenvalue weighted by Crippen LogP contribution is -2.11. The lowest BCUT2D eigenvalue weighted by atomic mass is 9.87. The third kappa shape index (κ3) is 2.20. The SMILES string of the molecule is O=C1c2ccccc2C[C@@H]1C1=C(c2ccccc2)Cc2ccccc21. The Kier molecular flexibility index (Phi) is 3.21. The first-order valence-electron chi connectivity index (χ1n) is 8.82. The molecule has 1 heteroatoms. The molecule has 0 aliphatic heterocycles. The summed E-state index contributed by atoms with van der Waals surface area (Å²) < 4.78 is 0. The molecule has 0 heterocycles. The fraction of sp³-hybridized carbons (Fsp3) is 0.125. The highest BCUT2D eigenvalue weighted by molar-refractivity contribution is 6.13. The van der Waals surface area contributed by atoms with E-state index in [0.29, 0.717) is 0 Å². The van der Waals surface area contributed by atoms with Crippen LogP contribution in [-0.4, -0.2) is 5.78 Å². The van der Waals surface area contributed by atoms with Crippen LogP contribution in [0.1, 0.15) is 32.6 Å². The number of carbonyl (C=O) groups is 1. The summed E-state index contributed by atoms with van der Waals surface area (Å²) in [6.07, 6.45) is 1.73. The van der Waals surface area contributed by atoms with Gasteiger partial charge in [-0.2, -0.15) is 0 Å². The van der Waals surface area contributed by atoms with Crippen molar-refractivity contribution in [1.82, 2.24) is 0 Å². The van der Waals surface area contributed by atoms with E-state index in [4.69, 9.17) is 0 Å². The molecule has 0 spiro atoms. The minimum Gasteiger partial charge on any atom is -0.293 e. The number of rotatable bonds is 2. The van der Waals surface area contributed by atoms with E-state index < -0.39 is 0 Å². The number of Topliss-reactive ketones (excluding diaryl/α,β-unsaturated/α-hetero) is 1. The largest absolute Gasteiger partial charge is 0.293 e. The second-order valence-corrected chi connectivity index (χ2v) is 6.87. The summed E-state index contributed by atoms with van der Waals surface area (Å²) in [5.74, 6) is 0.215. The van der Waals surface area contributed by atoms with Crippen molar-refractivity contribution >= 4 is 16.9 Å². The minimum atomic E-state index is -0.0590. The van der Waals surface area contributed by atoms with Crippen LogP contribution in [0.3, 0.4) is 0 Å². The van der Waals surface area contributed by atoms with E-state index in [-0.39, 0.29) is 11.7 Å². The predicted octanol–water partition coefficient (Wildman–Crippen LogP) is 5.21. The van der Waals surface area contributed by atoms with Crippen molar-refractivity contribution in [2.75, 3.05) is 0 Å². The molecule has 0 bridgehead atoms. The van der Waals surface area contributed by atoms with Gasteiger partial charge in [0.15, 0.2) is 5.78 Å². The summed E-state index contributed by atoms with van der Waals surface area (Å²) in [4.78, 5) is 13.1. The van der Waals surface area contributed by atoms with E-state index in [9.17, 15) is 4.79 Å². The highest BCUT2D eigenvalue weighted by Gasteiger charge is 2.37. The van der Waals surface area contributed by atoms with Crippen LogP contribution in [0.2, 0.25) is 0 Å². The maximum atomic E-state index is 13.1. The van der Waals surface area contributed by atoms with Crippen LogP contribution in [0.4, 0.5) is 0 Å². The van der Waals surface area contributed by atoms with Gasteiger partial charge in [-0.05, 0) is 46.2 Å². The highest BCUT2D eigenvalue weighted by atomic mass is 16.1. The number of benzene rings is 3. The first-order chi connectivity index (χ1) is 12.3. The lowest BCUT2D eigenvalue weighted by Gasteiger charge is -2.15. The van der Waals surface area contributed by atoms with Gasteiger partial charge in [0.05, 0.1) is 5.92 Å². The minimum absolute atomic E-state index is 0.0590. The van der Waals surface area contributed by atoms with E-state index in [1.807, 2.05) is 24.3 Å². The Morgan fingerprint density at radius 3 is 2.08 bits per heavy atom. The molecule has 0 N–H and O–H groups in total. The van der Waals surface area contributed by atoms with Crippen molar-refractivity contribution in [3.8, 4) is 0 Å². The number of hydrogen-bond acceptors (Lipinski definition) is 1. The third-order valence-corrected chi connectivity index (χ3v) is 5.49. The van der Waals surface area contributed by atoms with Crippen LogP contribution in [0.15, 0.2) is 78.9 Å². The molecule has 3 aromatic carbocycles. The summed E-state index contributed by atoms with van der Waals surface area (Å²) in [5.41, 5.74) is 8.46. The van der Waals surface area contributed by atoms with Gasteiger partial charge >= 0.3 is 0 Å². The Morgan fingerprint density at radius 1 is 0.680 bits per heavy atom. The molecular formula is C24H18O. The van der Waals surface area contributed by atoms with Gasteiger partial charge in [-0.15, -0.1) is 0 Å². The van der Waals surface area contributed by atoms with Crippen LogP contribution in [0.25, 0.3) is 11.1 Å². The molecule has 2 aliphatic carbocycles. The summed E-state index contributed by atoms with van der Waals surface area (Å²) in [6.45, 7) is 0. The molecule has 0 fully saturated rings. The third-order valence-electron chi connectivity index (χ3n) is 5.49. The molecular weight excluding hydrogens is 304 g/mol. The first kappa shape index (κ1) is 14.4. The van der Waals surface area contributed by atoms with Crippen molar-refractivity contribution < 1.29 is 4.79 Å². The topological polar surface area (TPSA) is 17.1 Å². The van der Waals surface area contributed by atoms with E-state index in [1.54, 1.807) is 0 Å². The number of allylic oxidation sites excluding steroid dienone is 2. The molecule has 0 saturated heterocycles. The standard InChI is InChI=1S/C24H18O/c25-24-20-13-7-5-11-18(20)15-22(24)23-19-12-6-4-10-17(19)14-21(23)16-8-2-1-3-9-16/h1-13,22H,14-15H2/t22-/m1/s1. The summed E-state index contributed by atoms with van der Waals surface area (Å²) >= 11 is 0. The fourth-order valence-electron chi connectivity index (χ4n) is 4.35. The van der Waals surface area contributed by atoms with Crippen molar-refractivity contribution in [2.45, 2.75) is 12.8 Å². The van der Waals surface area contributed by atoms with Crippen molar-refractivity contribution in [3.05, 3.63) is 107 Å². The highest BCUT2D eigenvalue weighted by Crippen LogP contribution is 2.46. The first-order valence-corrected chi connectivity index (χ1v) is 8.82. The quantitative estimate of drug-likeness (QED) is 0.633. The van der Waals surface area contributed by atoms with Gasteiger partial charge < -0.3 is 0 Å². The molecule has 120 valence electrons. The van der Waals surface area contributed by atoms with Crippen molar-refractivity contribution in [3.63, 3.8) is 0 Å². The second-order valence-electron chi connectivity index (χ2n) is 6.87. The fourth-order valence-corrected chi connectivity index (χ4v) is 4.35. The monoisotopic (exact) mass is 322 g/mol. The van der Waals surface area contributed by atoms with Crippen LogP contribution >= 0.6 is 0 Å². The molecule has 1 nitrogen and oxygen atoms in total. The summed E-state index contributed by atoms with van der Waals surface area (Å²) in [7, 11) is 0. The van der Waals surface area contributed by atoms with E-state index in [0.717, 1.165) is 18.4 Å². The molecule has 25 heavy (non-hydrogen) atoms. The van der Waals surface area contributed by atoms with Gasteiger partial charge in [0.2, 0.25) is 0 Å². The van der Waals surface area contributed by atoms with Gasteiger partial charge in [0.25, 0.3) is 0 Å². The van der Waals surface area contributed by atoms with Gasteiger partial charge in [-0.3, -0.25) is 4.79 Å². The molecule has 0 saturated carbocycles. The Morgan fingerprint density at radius 2 is 1.32 bits per heavy atom. The van der Waals surface area contributed by atoms with E-state index in [1.165, 1.54) is 33.4 Å². The number of ketones is 1. The van der Waals surface area contributed by atoms with Crippen molar-refractivity contribution in [1.29, 1.82) is 0 Å². The molecule has 2 aliphatic rings.